The second kappa shape index (κ2) is 7.08. The molecule has 1 aromatic heterocycles. The summed E-state index contributed by atoms with van der Waals surface area (Å²) in [5.74, 6) is 0.122. The van der Waals surface area contributed by atoms with Gasteiger partial charge in [0.1, 0.15) is 0 Å². The maximum absolute atomic E-state index is 12.6. The Bertz CT molecular complexity index is 905. The highest BCUT2D eigenvalue weighted by Gasteiger charge is 2.18. The van der Waals surface area contributed by atoms with E-state index < -0.39 is 0 Å². The molecule has 0 saturated carbocycles. The smallest absolute Gasteiger partial charge is 0.175 e. The number of aromatic nitrogens is 1. The van der Waals surface area contributed by atoms with Gasteiger partial charge in [-0.2, -0.15) is 0 Å². The fourth-order valence-electron chi connectivity index (χ4n) is 2.67. The predicted molar refractivity (Wildman–Crippen MR) is 105 cm³/mol. The fourth-order valence-corrected chi connectivity index (χ4v) is 3.93. The third kappa shape index (κ3) is 3.55. The molecule has 0 radical (unpaired) electrons. The molecule has 3 rings (SSSR count). The molecular formula is C20H18BrNOS. The molecular weight excluding hydrogens is 382 g/mol. The Morgan fingerprint density at radius 1 is 1.08 bits per heavy atom. The summed E-state index contributed by atoms with van der Waals surface area (Å²) in [6.07, 6.45) is 0. The largest absolute Gasteiger partial charge is 0.293 e. The molecule has 0 fully saturated rings. The van der Waals surface area contributed by atoms with E-state index in [4.69, 9.17) is 4.98 Å². The standard InChI is InChI=1S/C20H18BrNOS/c1-12-5-4-6-17-13(2)11-18(22-19(12)17)24-14(3)20(23)15-7-9-16(21)10-8-15/h4-11,14H,1-3H3/t14-/m0/s1. The number of hydrogen-bond donors (Lipinski definition) is 0. The van der Waals surface area contributed by atoms with Crippen molar-refractivity contribution in [1.82, 2.24) is 4.98 Å². The van der Waals surface area contributed by atoms with E-state index >= 15 is 0 Å². The lowest BCUT2D eigenvalue weighted by atomic mass is 10.1. The van der Waals surface area contributed by atoms with Gasteiger partial charge in [0.05, 0.1) is 15.8 Å². The first-order chi connectivity index (χ1) is 11.5. The van der Waals surface area contributed by atoms with Crippen molar-refractivity contribution in [3.63, 3.8) is 0 Å². The zero-order valence-electron chi connectivity index (χ0n) is 13.8. The lowest BCUT2D eigenvalue weighted by molar-refractivity contribution is 0.0994. The van der Waals surface area contributed by atoms with Crippen LogP contribution in [0, 0.1) is 13.8 Å². The molecule has 0 bridgehead atoms. The average Bonchev–Trinajstić information content (AvgIpc) is 2.56. The van der Waals surface area contributed by atoms with Gasteiger partial charge < -0.3 is 0 Å². The van der Waals surface area contributed by atoms with E-state index in [0.717, 1.165) is 26.1 Å². The molecule has 0 saturated heterocycles. The van der Waals surface area contributed by atoms with Gasteiger partial charge in [-0.15, -0.1) is 0 Å². The number of ketones is 1. The van der Waals surface area contributed by atoms with Gasteiger partial charge in [0.2, 0.25) is 0 Å². The molecule has 0 aliphatic carbocycles. The van der Waals surface area contributed by atoms with Crippen molar-refractivity contribution in [3.05, 3.63) is 69.7 Å². The van der Waals surface area contributed by atoms with Crippen LogP contribution in [0.4, 0.5) is 0 Å². The Balaban J connectivity index is 1.87. The number of para-hydroxylation sites is 1. The van der Waals surface area contributed by atoms with Crippen molar-refractivity contribution < 1.29 is 4.79 Å². The van der Waals surface area contributed by atoms with Crippen LogP contribution in [0.1, 0.15) is 28.4 Å². The van der Waals surface area contributed by atoms with Crippen molar-refractivity contribution >= 4 is 44.4 Å². The number of pyridine rings is 1. The summed E-state index contributed by atoms with van der Waals surface area (Å²) in [6.45, 7) is 6.10. The number of carbonyl (C=O) groups is 1. The molecule has 1 heterocycles. The van der Waals surface area contributed by atoms with Crippen molar-refractivity contribution in [2.45, 2.75) is 31.0 Å². The summed E-state index contributed by atoms with van der Waals surface area (Å²) >= 11 is 4.91. The normalized spacial score (nSPS) is 12.3. The molecule has 122 valence electrons. The van der Waals surface area contributed by atoms with Crippen molar-refractivity contribution in [2.24, 2.45) is 0 Å². The minimum atomic E-state index is -0.181. The molecule has 0 aliphatic rings. The van der Waals surface area contributed by atoms with Crippen LogP contribution >= 0.6 is 27.7 Å². The highest BCUT2D eigenvalue weighted by atomic mass is 79.9. The highest BCUT2D eigenvalue weighted by Crippen LogP contribution is 2.29. The Labute approximate surface area is 154 Å². The van der Waals surface area contributed by atoms with E-state index in [9.17, 15) is 4.79 Å². The zero-order valence-corrected chi connectivity index (χ0v) is 16.2. The van der Waals surface area contributed by atoms with Crippen LogP contribution in [0.2, 0.25) is 0 Å². The molecule has 1 atom stereocenters. The highest BCUT2D eigenvalue weighted by molar-refractivity contribution is 9.10. The molecule has 0 N–H and O–H groups in total. The third-order valence-corrected chi connectivity index (χ3v) is 5.57. The van der Waals surface area contributed by atoms with Crippen molar-refractivity contribution in [1.29, 1.82) is 0 Å². The Morgan fingerprint density at radius 2 is 1.79 bits per heavy atom. The first-order valence-electron chi connectivity index (χ1n) is 7.79. The van der Waals surface area contributed by atoms with E-state index in [1.54, 1.807) is 0 Å². The Morgan fingerprint density at radius 3 is 2.50 bits per heavy atom. The Hall–Kier alpha value is -1.65. The molecule has 2 aromatic carbocycles. The van der Waals surface area contributed by atoms with Gasteiger partial charge in [0, 0.05) is 15.4 Å². The molecule has 2 nitrogen and oxygen atoms in total. The number of aryl methyl sites for hydroxylation is 2. The first-order valence-corrected chi connectivity index (χ1v) is 9.46. The van der Waals surface area contributed by atoms with Crippen LogP contribution < -0.4 is 0 Å². The van der Waals surface area contributed by atoms with E-state index in [1.807, 2.05) is 31.2 Å². The number of nitrogens with zero attached hydrogens (tertiary/aromatic N) is 1. The third-order valence-electron chi connectivity index (χ3n) is 4.02. The number of Topliss-reactive ketones (excluding diaryl/α,β-unsaturated/α-hetero) is 1. The maximum Gasteiger partial charge on any atom is 0.175 e. The summed E-state index contributed by atoms with van der Waals surface area (Å²) in [6, 6.07) is 15.8. The SMILES string of the molecule is Cc1cc(S[C@@H](C)C(=O)c2ccc(Br)cc2)nc2c(C)cccc12. The average molecular weight is 400 g/mol. The van der Waals surface area contributed by atoms with Gasteiger partial charge in [0.25, 0.3) is 0 Å². The van der Waals surface area contributed by atoms with Gasteiger partial charge in [0.15, 0.2) is 5.78 Å². The molecule has 0 aliphatic heterocycles. The van der Waals surface area contributed by atoms with Gasteiger partial charge in [-0.3, -0.25) is 4.79 Å². The molecule has 0 spiro atoms. The van der Waals surface area contributed by atoms with Gasteiger partial charge in [-0.1, -0.05) is 58.0 Å². The molecule has 0 amide bonds. The fraction of sp³-hybridized carbons (Fsp3) is 0.200. The van der Waals surface area contributed by atoms with E-state index in [1.165, 1.54) is 22.7 Å². The quantitative estimate of drug-likeness (QED) is 0.399. The van der Waals surface area contributed by atoms with Crippen LogP contribution in [0.25, 0.3) is 10.9 Å². The lowest BCUT2D eigenvalue weighted by Crippen LogP contribution is -2.13. The lowest BCUT2D eigenvalue weighted by Gasteiger charge is -2.12. The molecule has 24 heavy (non-hydrogen) atoms. The first kappa shape index (κ1) is 17.2. The second-order valence-corrected chi connectivity index (χ2v) is 8.16. The zero-order chi connectivity index (χ0) is 17.3. The summed E-state index contributed by atoms with van der Waals surface area (Å²) in [5.41, 5.74) is 4.09. The van der Waals surface area contributed by atoms with Crippen LogP contribution in [-0.4, -0.2) is 16.0 Å². The van der Waals surface area contributed by atoms with E-state index in [-0.39, 0.29) is 11.0 Å². The summed E-state index contributed by atoms with van der Waals surface area (Å²) < 4.78 is 0.974. The van der Waals surface area contributed by atoms with Crippen molar-refractivity contribution in [2.75, 3.05) is 0 Å². The minimum Gasteiger partial charge on any atom is -0.293 e. The van der Waals surface area contributed by atoms with E-state index in [0.29, 0.717) is 0 Å². The minimum absolute atomic E-state index is 0.122. The van der Waals surface area contributed by atoms with Crippen LogP contribution in [0.5, 0.6) is 0 Å². The maximum atomic E-state index is 12.6. The van der Waals surface area contributed by atoms with Gasteiger partial charge in [-0.05, 0) is 50.1 Å². The predicted octanol–water partition coefficient (Wildman–Crippen LogP) is 5.98. The number of benzene rings is 2. The number of halogens is 1. The van der Waals surface area contributed by atoms with Crippen LogP contribution in [0.15, 0.2) is 58.0 Å². The van der Waals surface area contributed by atoms with Crippen molar-refractivity contribution in [3.8, 4) is 0 Å². The summed E-state index contributed by atoms with van der Waals surface area (Å²) in [4.78, 5) is 17.4. The number of hydrogen-bond acceptors (Lipinski definition) is 3. The Kier molecular flexibility index (Phi) is 5.07. The van der Waals surface area contributed by atoms with Crippen LogP contribution in [0.3, 0.4) is 0 Å². The number of thioether (sulfide) groups is 1. The topological polar surface area (TPSA) is 30.0 Å². The second-order valence-electron chi connectivity index (χ2n) is 5.88. The monoisotopic (exact) mass is 399 g/mol. The summed E-state index contributed by atoms with van der Waals surface area (Å²) in [7, 11) is 0. The van der Waals surface area contributed by atoms with Gasteiger partial charge >= 0.3 is 0 Å². The van der Waals surface area contributed by atoms with Gasteiger partial charge in [-0.25, -0.2) is 4.98 Å². The molecule has 3 aromatic rings. The summed E-state index contributed by atoms with van der Waals surface area (Å²) in [5, 5.41) is 1.89. The number of rotatable bonds is 4. The van der Waals surface area contributed by atoms with E-state index in [2.05, 4.69) is 54.0 Å². The number of carbonyl (C=O) groups excluding carboxylic acids is 1. The number of fused-ring (bicyclic) bond motifs is 1. The molecule has 4 heteroatoms. The molecule has 0 unspecified atom stereocenters. The van der Waals surface area contributed by atoms with Crippen LogP contribution in [-0.2, 0) is 0 Å².